The molecule has 1 fully saturated rings. The third kappa shape index (κ3) is 2.79. The Bertz CT molecular complexity index is 585. The summed E-state index contributed by atoms with van der Waals surface area (Å²) in [6, 6.07) is 7.29. The molecular weight excluding hydrogens is 280 g/mol. The smallest absolute Gasteiger partial charge is 0.245 e. The summed E-state index contributed by atoms with van der Waals surface area (Å²) in [7, 11) is 0. The van der Waals surface area contributed by atoms with Crippen LogP contribution in [0.15, 0.2) is 30.6 Å². The van der Waals surface area contributed by atoms with Crippen molar-refractivity contribution in [1.29, 1.82) is 0 Å². The van der Waals surface area contributed by atoms with E-state index in [4.69, 9.17) is 11.6 Å². The van der Waals surface area contributed by atoms with Crippen molar-refractivity contribution in [3.05, 3.63) is 41.2 Å². The topological polar surface area (TPSA) is 94.7 Å². The number of rotatable bonds is 3. The fourth-order valence-electron chi connectivity index (χ4n) is 2.11. The quantitative estimate of drug-likeness (QED) is 0.677. The molecule has 104 valence electrons. The molecule has 1 aliphatic rings. The lowest BCUT2D eigenvalue weighted by molar-refractivity contribution is -0.117. The summed E-state index contributed by atoms with van der Waals surface area (Å²) >= 11 is 5.86. The molecule has 1 aromatic carbocycles. The molecule has 3 rings (SSSR count). The van der Waals surface area contributed by atoms with Gasteiger partial charge in [0.1, 0.15) is 12.4 Å². The van der Waals surface area contributed by atoms with Gasteiger partial charge >= 0.3 is 0 Å². The fraction of sp³-hybridized carbons (Fsp3) is 0.250. The van der Waals surface area contributed by atoms with E-state index in [1.807, 2.05) is 24.3 Å². The summed E-state index contributed by atoms with van der Waals surface area (Å²) in [5.41, 5.74) is 7.16. The molecule has 0 radical (unpaired) electrons. The average molecular weight is 293 g/mol. The lowest BCUT2D eigenvalue weighted by atomic mass is 10.0. The predicted molar refractivity (Wildman–Crippen MR) is 73.9 cm³/mol. The number of anilines is 1. The first-order valence-corrected chi connectivity index (χ1v) is 6.53. The van der Waals surface area contributed by atoms with E-state index in [0.29, 0.717) is 17.4 Å². The summed E-state index contributed by atoms with van der Waals surface area (Å²) < 4.78 is 0. The number of hydrogen-bond acceptors (Lipinski definition) is 5. The number of hydrazine groups is 1. The van der Waals surface area contributed by atoms with Gasteiger partial charge in [-0.2, -0.15) is 10.1 Å². The Morgan fingerprint density at radius 2 is 2.10 bits per heavy atom. The highest BCUT2D eigenvalue weighted by molar-refractivity contribution is 6.30. The maximum absolute atomic E-state index is 12.0. The molecule has 8 heteroatoms. The second kappa shape index (κ2) is 5.58. The minimum absolute atomic E-state index is 0.0674. The average Bonchev–Trinajstić information content (AvgIpc) is 3.10. The molecule has 1 saturated heterocycles. The van der Waals surface area contributed by atoms with Gasteiger partial charge in [-0.1, -0.05) is 23.7 Å². The number of nitrogens with one attached hydrogen (secondary N) is 4. The Morgan fingerprint density at radius 1 is 1.30 bits per heavy atom. The Labute approximate surface area is 120 Å². The van der Waals surface area contributed by atoms with Crippen molar-refractivity contribution in [2.75, 3.05) is 5.32 Å². The third-order valence-corrected chi connectivity index (χ3v) is 3.40. The molecule has 1 aromatic heterocycles. The largest absolute Gasteiger partial charge is 0.293 e. The van der Waals surface area contributed by atoms with Crippen LogP contribution in [0.25, 0.3) is 0 Å². The van der Waals surface area contributed by atoms with Gasteiger partial charge in [0.25, 0.3) is 0 Å². The van der Waals surface area contributed by atoms with E-state index in [0.717, 1.165) is 5.56 Å². The van der Waals surface area contributed by atoms with Crippen molar-refractivity contribution in [3.8, 4) is 0 Å². The molecule has 1 aliphatic heterocycles. The van der Waals surface area contributed by atoms with Crippen LogP contribution >= 0.6 is 11.6 Å². The van der Waals surface area contributed by atoms with Crippen LogP contribution in [0.5, 0.6) is 0 Å². The molecule has 0 aliphatic carbocycles. The van der Waals surface area contributed by atoms with Crippen LogP contribution in [0, 0.1) is 0 Å². The van der Waals surface area contributed by atoms with Crippen LogP contribution in [0.3, 0.4) is 0 Å². The van der Waals surface area contributed by atoms with Crippen LogP contribution in [0.1, 0.15) is 18.0 Å². The maximum atomic E-state index is 12.0. The van der Waals surface area contributed by atoms with Gasteiger partial charge in [-0.25, -0.2) is 16.0 Å². The summed E-state index contributed by atoms with van der Waals surface area (Å²) in [6.45, 7) is 0. The highest BCUT2D eigenvalue weighted by Gasteiger charge is 2.30. The Balaban J connectivity index is 1.61. The SMILES string of the molecule is O=C(Nc1ncn[nH]1)C1CC(c2ccc(Cl)cc2)NN1. The van der Waals surface area contributed by atoms with E-state index in [-0.39, 0.29) is 18.0 Å². The summed E-state index contributed by atoms with van der Waals surface area (Å²) in [5, 5.41) is 9.61. The molecule has 0 spiro atoms. The first kappa shape index (κ1) is 13.0. The second-order valence-electron chi connectivity index (χ2n) is 4.50. The molecule has 0 bridgehead atoms. The van der Waals surface area contributed by atoms with Gasteiger partial charge in [-0.3, -0.25) is 10.1 Å². The number of aromatic amines is 1. The lowest BCUT2D eigenvalue weighted by Crippen LogP contribution is -2.39. The van der Waals surface area contributed by atoms with E-state index >= 15 is 0 Å². The number of aromatic nitrogens is 3. The number of carbonyl (C=O) groups is 1. The molecule has 4 N–H and O–H groups in total. The molecule has 2 aromatic rings. The summed E-state index contributed by atoms with van der Waals surface area (Å²) in [6.07, 6.45) is 1.98. The zero-order valence-electron chi connectivity index (χ0n) is 10.4. The Morgan fingerprint density at radius 3 is 2.80 bits per heavy atom. The molecule has 2 unspecified atom stereocenters. The van der Waals surface area contributed by atoms with E-state index < -0.39 is 0 Å². The van der Waals surface area contributed by atoms with Crippen LogP contribution in [-0.4, -0.2) is 27.1 Å². The molecule has 20 heavy (non-hydrogen) atoms. The minimum atomic E-state index is -0.333. The van der Waals surface area contributed by atoms with E-state index in [1.54, 1.807) is 0 Å². The summed E-state index contributed by atoms with van der Waals surface area (Å²) in [5.74, 6) is 0.178. The lowest BCUT2D eigenvalue weighted by Gasteiger charge is -2.09. The molecular formula is C12H13ClN6O. The number of amides is 1. The summed E-state index contributed by atoms with van der Waals surface area (Å²) in [4.78, 5) is 15.9. The van der Waals surface area contributed by atoms with E-state index in [9.17, 15) is 4.79 Å². The van der Waals surface area contributed by atoms with Crippen molar-refractivity contribution in [2.45, 2.75) is 18.5 Å². The van der Waals surface area contributed by atoms with Crippen LogP contribution in [0.4, 0.5) is 5.95 Å². The van der Waals surface area contributed by atoms with Gasteiger partial charge in [-0.05, 0) is 24.1 Å². The number of carbonyl (C=O) groups excluding carboxylic acids is 1. The van der Waals surface area contributed by atoms with Gasteiger partial charge in [0.2, 0.25) is 11.9 Å². The molecule has 7 nitrogen and oxygen atoms in total. The highest BCUT2D eigenvalue weighted by atomic mass is 35.5. The molecule has 2 atom stereocenters. The van der Waals surface area contributed by atoms with Crippen molar-refractivity contribution in [3.63, 3.8) is 0 Å². The number of nitrogens with zero attached hydrogens (tertiary/aromatic N) is 2. The zero-order chi connectivity index (χ0) is 13.9. The Hall–Kier alpha value is -1.96. The molecule has 1 amide bonds. The van der Waals surface area contributed by atoms with Gasteiger partial charge in [0, 0.05) is 11.1 Å². The second-order valence-corrected chi connectivity index (χ2v) is 4.94. The highest BCUT2D eigenvalue weighted by Crippen LogP contribution is 2.23. The van der Waals surface area contributed by atoms with Gasteiger partial charge < -0.3 is 0 Å². The fourth-order valence-corrected chi connectivity index (χ4v) is 2.24. The Kier molecular flexibility index (Phi) is 3.64. The van der Waals surface area contributed by atoms with Gasteiger partial charge in [0.15, 0.2) is 0 Å². The minimum Gasteiger partial charge on any atom is -0.293 e. The van der Waals surface area contributed by atoms with Gasteiger partial charge in [-0.15, -0.1) is 0 Å². The molecule has 2 heterocycles. The number of benzene rings is 1. The van der Waals surface area contributed by atoms with Crippen LogP contribution < -0.4 is 16.2 Å². The maximum Gasteiger partial charge on any atom is 0.245 e. The van der Waals surface area contributed by atoms with Crippen molar-refractivity contribution in [2.24, 2.45) is 0 Å². The first-order chi connectivity index (χ1) is 9.72. The first-order valence-electron chi connectivity index (χ1n) is 6.15. The number of hydrogen-bond donors (Lipinski definition) is 4. The normalized spacial score (nSPS) is 21.9. The molecule has 0 saturated carbocycles. The van der Waals surface area contributed by atoms with Crippen LogP contribution in [0.2, 0.25) is 5.02 Å². The standard InChI is InChI=1S/C12H13ClN6O/c13-8-3-1-7(2-4-8)9-5-10(18-17-9)11(20)16-12-14-6-15-19-12/h1-4,6,9-10,17-18H,5H2,(H2,14,15,16,19,20). The van der Waals surface area contributed by atoms with Crippen molar-refractivity contribution >= 4 is 23.5 Å². The van der Waals surface area contributed by atoms with E-state index in [1.165, 1.54) is 6.33 Å². The van der Waals surface area contributed by atoms with E-state index in [2.05, 4.69) is 31.3 Å². The third-order valence-electron chi connectivity index (χ3n) is 3.15. The van der Waals surface area contributed by atoms with Crippen molar-refractivity contribution < 1.29 is 4.79 Å². The number of H-pyrrole nitrogens is 1. The van der Waals surface area contributed by atoms with Crippen molar-refractivity contribution in [1.82, 2.24) is 26.0 Å². The zero-order valence-corrected chi connectivity index (χ0v) is 11.2. The van der Waals surface area contributed by atoms with Gasteiger partial charge in [0.05, 0.1) is 0 Å². The van der Waals surface area contributed by atoms with Crippen LogP contribution in [-0.2, 0) is 4.79 Å². The monoisotopic (exact) mass is 292 g/mol. The predicted octanol–water partition coefficient (Wildman–Crippen LogP) is 1.00. The number of halogens is 1.